The van der Waals surface area contributed by atoms with Gasteiger partial charge in [0.15, 0.2) is 0 Å². The van der Waals surface area contributed by atoms with Crippen molar-refractivity contribution in [3.63, 3.8) is 0 Å². The van der Waals surface area contributed by atoms with E-state index in [4.69, 9.17) is 9.29 Å². The first-order valence-corrected chi connectivity index (χ1v) is 6.28. The van der Waals surface area contributed by atoms with Gasteiger partial charge in [-0.2, -0.15) is 8.42 Å². The molecule has 1 rings (SSSR count). The van der Waals surface area contributed by atoms with Gasteiger partial charge in [0.05, 0.1) is 12.8 Å². The number of hydrogen-bond acceptors (Lipinski definition) is 4. The number of benzene rings is 1. The number of anilines is 1. The summed E-state index contributed by atoms with van der Waals surface area (Å²) in [7, 11) is -2.97. The molecule has 0 unspecified atom stereocenters. The predicted octanol–water partition coefficient (Wildman–Crippen LogP) is 1.29. The molecule has 0 bridgehead atoms. The highest BCUT2D eigenvalue weighted by Crippen LogP contribution is 2.26. The van der Waals surface area contributed by atoms with E-state index in [9.17, 15) is 13.2 Å². The van der Waals surface area contributed by atoms with Gasteiger partial charge in [0.1, 0.15) is 10.6 Å². The van der Waals surface area contributed by atoms with E-state index in [1.54, 1.807) is 6.92 Å². The van der Waals surface area contributed by atoms with Crippen LogP contribution < -0.4 is 10.1 Å². The van der Waals surface area contributed by atoms with E-state index in [0.29, 0.717) is 5.75 Å². The Kier molecular flexibility index (Phi) is 4.08. The number of rotatable bonds is 4. The van der Waals surface area contributed by atoms with Crippen molar-refractivity contribution in [2.75, 3.05) is 12.4 Å². The fourth-order valence-corrected chi connectivity index (χ4v) is 1.83. The summed E-state index contributed by atoms with van der Waals surface area (Å²) in [5, 5.41) is 2.38. The highest BCUT2D eigenvalue weighted by atomic mass is 32.2. The number of amides is 1. The number of ether oxygens (including phenoxy) is 1. The smallest absolute Gasteiger partial charge is 0.296 e. The second kappa shape index (κ2) is 5.15. The SMILES string of the molecule is CCC(=O)Nc1cc(OC)ccc1S(=O)(=O)O. The van der Waals surface area contributed by atoms with E-state index in [-0.39, 0.29) is 22.9 Å². The third-order valence-electron chi connectivity index (χ3n) is 2.06. The summed E-state index contributed by atoms with van der Waals surface area (Å²) in [5.41, 5.74) is -0.00120. The molecule has 0 radical (unpaired) electrons. The van der Waals surface area contributed by atoms with Crippen molar-refractivity contribution in [1.82, 2.24) is 0 Å². The molecule has 1 aromatic rings. The molecule has 94 valence electrons. The molecule has 0 saturated carbocycles. The van der Waals surface area contributed by atoms with Crippen molar-refractivity contribution in [3.8, 4) is 5.75 Å². The molecule has 0 aromatic heterocycles. The second-order valence-electron chi connectivity index (χ2n) is 3.24. The first kappa shape index (κ1) is 13.5. The Morgan fingerprint density at radius 1 is 1.47 bits per heavy atom. The molecule has 6 nitrogen and oxygen atoms in total. The molecule has 0 aliphatic rings. The fraction of sp³-hybridized carbons (Fsp3) is 0.300. The lowest BCUT2D eigenvalue weighted by Gasteiger charge is -2.10. The van der Waals surface area contributed by atoms with Crippen LogP contribution in [0.25, 0.3) is 0 Å². The lowest BCUT2D eigenvalue weighted by Crippen LogP contribution is -2.13. The van der Waals surface area contributed by atoms with Crippen molar-refractivity contribution >= 4 is 21.7 Å². The van der Waals surface area contributed by atoms with Gasteiger partial charge in [0.2, 0.25) is 5.91 Å². The first-order chi connectivity index (χ1) is 7.88. The van der Waals surface area contributed by atoms with Gasteiger partial charge in [-0.3, -0.25) is 9.35 Å². The number of hydrogen-bond donors (Lipinski definition) is 2. The van der Waals surface area contributed by atoms with E-state index < -0.39 is 10.1 Å². The van der Waals surface area contributed by atoms with Crippen LogP contribution in [-0.4, -0.2) is 26.0 Å². The first-order valence-electron chi connectivity index (χ1n) is 4.84. The summed E-state index contributed by atoms with van der Waals surface area (Å²) in [6.07, 6.45) is 0.197. The molecule has 0 heterocycles. The lowest BCUT2D eigenvalue weighted by atomic mass is 10.3. The van der Waals surface area contributed by atoms with E-state index in [2.05, 4.69) is 5.32 Å². The van der Waals surface area contributed by atoms with E-state index in [1.807, 2.05) is 0 Å². The minimum atomic E-state index is -4.38. The van der Waals surface area contributed by atoms with Crippen LogP contribution in [0.2, 0.25) is 0 Å². The minimum absolute atomic E-state index is 0.00120. The lowest BCUT2D eigenvalue weighted by molar-refractivity contribution is -0.115. The van der Waals surface area contributed by atoms with Crippen LogP contribution >= 0.6 is 0 Å². The Labute approximate surface area is 99.3 Å². The molecule has 1 amide bonds. The summed E-state index contributed by atoms with van der Waals surface area (Å²) in [6.45, 7) is 1.63. The molecule has 0 atom stereocenters. The van der Waals surface area contributed by atoms with Gasteiger partial charge < -0.3 is 10.1 Å². The molecular weight excluding hydrogens is 246 g/mol. The van der Waals surface area contributed by atoms with E-state index >= 15 is 0 Å². The maximum Gasteiger partial charge on any atom is 0.296 e. The Morgan fingerprint density at radius 2 is 2.12 bits per heavy atom. The largest absolute Gasteiger partial charge is 0.497 e. The Morgan fingerprint density at radius 3 is 2.59 bits per heavy atom. The summed E-state index contributed by atoms with van der Waals surface area (Å²) in [5.74, 6) is 0.0203. The van der Waals surface area contributed by atoms with Gasteiger partial charge >= 0.3 is 0 Å². The molecule has 0 aliphatic carbocycles. The van der Waals surface area contributed by atoms with Gasteiger partial charge in [-0.1, -0.05) is 6.92 Å². The molecule has 2 N–H and O–H groups in total. The zero-order valence-electron chi connectivity index (χ0n) is 9.43. The third-order valence-corrected chi connectivity index (χ3v) is 2.97. The van der Waals surface area contributed by atoms with Gasteiger partial charge in [0, 0.05) is 12.5 Å². The van der Waals surface area contributed by atoms with Crippen LogP contribution in [0.1, 0.15) is 13.3 Å². The van der Waals surface area contributed by atoms with Crippen LogP contribution in [0.5, 0.6) is 5.75 Å². The number of carbonyl (C=O) groups excluding carboxylic acids is 1. The summed E-state index contributed by atoms with van der Waals surface area (Å²) >= 11 is 0. The van der Waals surface area contributed by atoms with Crippen LogP contribution in [0, 0.1) is 0 Å². The standard InChI is InChI=1S/C10H13NO5S/c1-3-10(12)11-8-6-7(16-2)4-5-9(8)17(13,14)15/h4-6H,3H2,1-2H3,(H,11,12)(H,13,14,15). The average Bonchev–Trinajstić information content (AvgIpc) is 2.27. The van der Waals surface area contributed by atoms with Crippen LogP contribution in [0.3, 0.4) is 0 Å². The zero-order chi connectivity index (χ0) is 13.1. The molecule has 7 heteroatoms. The molecular formula is C10H13NO5S. The van der Waals surface area contributed by atoms with Crippen LogP contribution in [0.15, 0.2) is 23.1 Å². The zero-order valence-corrected chi connectivity index (χ0v) is 10.2. The quantitative estimate of drug-likeness (QED) is 0.795. The molecule has 1 aromatic carbocycles. The number of methoxy groups -OCH3 is 1. The topological polar surface area (TPSA) is 92.7 Å². The third kappa shape index (κ3) is 3.43. The van der Waals surface area contributed by atoms with Gasteiger partial charge in [-0.15, -0.1) is 0 Å². The maximum atomic E-state index is 11.2. The fourth-order valence-electron chi connectivity index (χ4n) is 1.20. The number of nitrogens with one attached hydrogen (secondary N) is 1. The van der Waals surface area contributed by atoms with Gasteiger partial charge in [0.25, 0.3) is 10.1 Å². The van der Waals surface area contributed by atoms with Crippen molar-refractivity contribution in [3.05, 3.63) is 18.2 Å². The van der Waals surface area contributed by atoms with Crippen molar-refractivity contribution in [2.45, 2.75) is 18.2 Å². The predicted molar refractivity (Wildman–Crippen MR) is 61.7 cm³/mol. The highest BCUT2D eigenvalue weighted by Gasteiger charge is 2.17. The van der Waals surface area contributed by atoms with E-state index in [1.165, 1.54) is 25.3 Å². The van der Waals surface area contributed by atoms with E-state index in [0.717, 1.165) is 0 Å². The average molecular weight is 259 g/mol. The van der Waals surface area contributed by atoms with Crippen molar-refractivity contribution in [2.24, 2.45) is 0 Å². The monoisotopic (exact) mass is 259 g/mol. The Hall–Kier alpha value is -1.60. The molecule has 0 saturated heterocycles. The summed E-state index contributed by atoms with van der Waals surface area (Å²) < 4.78 is 36.1. The van der Waals surface area contributed by atoms with Crippen molar-refractivity contribution in [1.29, 1.82) is 0 Å². The molecule has 0 aliphatic heterocycles. The minimum Gasteiger partial charge on any atom is -0.497 e. The summed E-state index contributed by atoms with van der Waals surface area (Å²) in [4.78, 5) is 10.9. The number of carbonyl (C=O) groups is 1. The van der Waals surface area contributed by atoms with Crippen molar-refractivity contribution < 1.29 is 22.5 Å². The Bertz CT molecular complexity index is 523. The van der Waals surface area contributed by atoms with Gasteiger partial charge in [-0.25, -0.2) is 0 Å². The summed E-state index contributed by atoms with van der Waals surface area (Å²) in [6, 6.07) is 3.88. The second-order valence-corrected chi connectivity index (χ2v) is 4.63. The van der Waals surface area contributed by atoms with Gasteiger partial charge in [-0.05, 0) is 12.1 Å². The van der Waals surface area contributed by atoms with Crippen LogP contribution in [-0.2, 0) is 14.9 Å². The molecule has 0 spiro atoms. The highest BCUT2D eigenvalue weighted by molar-refractivity contribution is 7.86. The molecule has 17 heavy (non-hydrogen) atoms. The Balaban J connectivity index is 3.26. The normalized spacial score (nSPS) is 11.0. The van der Waals surface area contributed by atoms with Crippen LogP contribution in [0.4, 0.5) is 5.69 Å². The maximum absolute atomic E-state index is 11.2. The molecule has 0 fully saturated rings.